The molecule has 1 fully saturated rings. The van der Waals surface area contributed by atoms with Crippen molar-refractivity contribution in [2.45, 2.75) is 65.9 Å². The van der Waals surface area contributed by atoms with E-state index in [1.807, 2.05) is 12.2 Å². The van der Waals surface area contributed by atoms with Gasteiger partial charge in [-0.15, -0.1) is 0 Å². The van der Waals surface area contributed by atoms with Gasteiger partial charge in [0.25, 0.3) is 0 Å². The zero-order valence-electron chi connectivity index (χ0n) is 20.1. The summed E-state index contributed by atoms with van der Waals surface area (Å²) in [6.07, 6.45) is 10.9. The number of carbonyl (C=O) groups excluding carboxylic acids is 3. The molecule has 1 N–H and O–H groups in total. The highest BCUT2D eigenvalue weighted by Crippen LogP contribution is 2.55. The van der Waals surface area contributed by atoms with Crippen LogP contribution in [0.5, 0.6) is 0 Å². The molecule has 0 amide bonds. The predicted molar refractivity (Wildman–Crippen MR) is 126 cm³/mol. The molecule has 6 atom stereocenters. The van der Waals surface area contributed by atoms with Gasteiger partial charge in [-0.25, -0.2) is 4.79 Å². The third-order valence-corrected chi connectivity index (χ3v) is 7.27. The van der Waals surface area contributed by atoms with Gasteiger partial charge in [-0.3, -0.25) is 14.4 Å². The fraction of sp³-hybridized carbons (Fsp3) is 0.556. The topological polar surface area (TPSA) is 97.7 Å². The lowest BCUT2D eigenvalue weighted by Gasteiger charge is -2.50. The molecule has 0 aliphatic heterocycles. The van der Waals surface area contributed by atoms with Gasteiger partial charge in [-0.2, -0.15) is 0 Å². The van der Waals surface area contributed by atoms with E-state index in [1.54, 1.807) is 13.0 Å². The summed E-state index contributed by atoms with van der Waals surface area (Å²) in [6, 6.07) is 0. The first kappa shape index (κ1) is 26.5. The molecule has 0 aromatic carbocycles. The number of hydrogen-bond donors (Lipinski definition) is 1. The Hall–Kier alpha value is -2.76. The van der Waals surface area contributed by atoms with Crippen molar-refractivity contribution in [3.05, 3.63) is 48.1 Å². The van der Waals surface area contributed by atoms with Crippen LogP contribution in [0.15, 0.2) is 48.1 Å². The van der Waals surface area contributed by atoms with Crippen molar-refractivity contribution in [1.29, 1.82) is 0 Å². The molecule has 0 radical (unpaired) electrons. The van der Waals surface area contributed by atoms with E-state index in [4.69, 9.17) is 4.74 Å². The number of esters is 1. The molecule has 2 rings (SSSR count). The van der Waals surface area contributed by atoms with Crippen LogP contribution in [0.2, 0.25) is 0 Å². The maximum absolute atomic E-state index is 12.5. The minimum atomic E-state index is -1.03. The maximum atomic E-state index is 12.5. The summed E-state index contributed by atoms with van der Waals surface area (Å²) in [6.45, 7) is 12.0. The van der Waals surface area contributed by atoms with E-state index >= 15 is 0 Å². The molecule has 33 heavy (non-hydrogen) atoms. The van der Waals surface area contributed by atoms with Crippen molar-refractivity contribution >= 4 is 24.0 Å². The smallest absolute Gasteiger partial charge is 0.331 e. The largest absolute Gasteiger partial charge is 0.481 e. The number of carboxylic acid groups (broad SMARTS) is 1. The van der Waals surface area contributed by atoms with Gasteiger partial charge in [0.2, 0.25) is 0 Å². The summed E-state index contributed by atoms with van der Waals surface area (Å²) in [7, 11) is 0. The molecule has 0 aromatic rings. The summed E-state index contributed by atoms with van der Waals surface area (Å²) >= 11 is 0. The molecule has 6 heteroatoms. The zero-order chi connectivity index (χ0) is 24.8. The van der Waals surface area contributed by atoms with E-state index in [1.165, 1.54) is 12.2 Å². The SMILES string of the molecule is C=C(C=O)[C@@H]1CC(=O)C=C2[C@@H](OC(=O)/C=C/C=C/[C@H](C)C[C@@H](C)CC)CC[C@@H](C(=O)O)[C@@]21C. The average Bonchev–Trinajstić information content (AvgIpc) is 2.76. The number of carbonyl (C=O) groups is 4. The van der Waals surface area contributed by atoms with Gasteiger partial charge in [0.15, 0.2) is 5.78 Å². The zero-order valence-corrected chi connectivity index (χ0v) is 20.1. The number of allylic oxidation sites excluding steroid dienone is 5. The van der Waals surface area contributed by atoms with Crippen LogP contribution >= 0.6 is 0 Å². The fourth-order valence-electron chi connectivity index (χ4n) is 5.21. The van der Waals surface area contributed by atoms with Crippen molar-refractivity contribution in [3.63, 3.8) is 0 Å². The molecular formula is C27H36O6. The number of carboxylic acids is 1. The molecule has 0 spiro atoms. The Morgan fingerprint density at radius 3 is 2.58 bits per heavy atom. The first-order valence-electron chi connectivity index (χ1n) is 11.7. The van der Waals surface area contributed by atoms with E-state index in [-0.39, 0.29) is 24.2 Å². The molecule has 1 saturated carbocycles. The van der Waals surface area contributed by atoms with E-state index in [9.17, 15) is 24.3 Å². The molecule has 0 unspecified atom stereocenters. The first-order chi connectivity index (χ1) is 15.5. The predicted octanol–water partition coefficient (Wildman–Crippen LogP) is 4.85. The van der Waals surface area contributed by atoms with Crippen molar-refractivity contribution in [1.82, 2.24) is 0 Å². The normalized spacial score (nSPS) is 29.3. The molecule has 0 heterocycles. The third kappa shape index (κ3) is 6.18. The lowest BCUT2D eigenvalue weighted by atomic mass is 9.53. The van der Waals surface area contributed by atoms with Crippen molar-refractivity contribution in [2.24, 2.45) is 29.1 Å². The number of aldehydes is 1. The Kier molecular flexibility index (Phi) is 9.15. The van der Waals surface area contributed by atoms with Gasteiger partial charge in [-0.05, 0) is 48.3 Å². The summed E-state index contributed by atoms with van der Waals surface area (Å²) in [5.41, 5.74) is -0.383. The average molecular weight is 457 g/mol. The summed E-state index contributed by atoms with van der Waals surface area (Å²) in [5.74, 6) is -2.19. The highest BCUT2D eigenvalue weighted by atomic mass is 16.5. The summed E-state index contributed by atoms with van der Waals surface area (Å²) in [5, 5.41) is 9.85. The molecule has 2 aliphatic rings. The quantitative estimate of drug-likeness (QED) is 0.218. The number of fused-ring (bicyclic) bond motifs is 1. The Balaban J connectivity index is 2.19. The second-order valence-electron chi connectivity index (χ2n) is 9.66. The molecule has 0 aromatic heterocycles. The van der Waals surface area contributed by atoms with Crippen LogP contribution in [0, 0.1) is 29.1 Å². The van der Waals surface area contributed by atoms with Crippen molar-refractivity contribution in [3.8, 4) is 0 Å². The van der Waals surface area contributed by atoms with Gasteiger partial charge in [0, 0.05) is 23.8 Å². The van der Waals surface area contributed by atoms with E-state index in [0.717, 1.165) is 12.8 Å². The van der Waals surface area contributed by atoms with E-state index in [2.05, 4.69) is 27.4 Å². The van der Waals surface area contributed by atoms with Crippen molar-refractivity contribution < 1.29 is 29.0 Å². The summed E-state index contributed by atoms with van der Waals surface area (Å²) in [4.78, 5) is 48.4. The minimum Gasteiger partial charge on any atom is -0.481 e. The maximum Gasteiger partial charge on any atom is 0.331 e. The lowest BCUT2D eigenvalue weighted by molar-refractivity contribution is -0.153. The number of rotatable bonds is 10. The van der Waals surface area contributed by atoms with Crippen LogP contribution in [0.1, 0.15) is 59.8 Å². The first-order valence-corrected chi connectivity index (χ1v) is 11.7. The van der Waals surface area contributed by atoms with Gasteiger partial charge >= 0.3 is 11.9 Å². The molecule has 2 aliphatic carbocycles. The second-order valence-corrected chi connectivity index (χ2v) is 9.66. The third-order valence-electron chi connectivity index (χ3n) is 7.27. The standard InChI is InChI=1S/C27H36O6/c1-6-17(2)13-18(3)9-7-8-10-25(30)33-24-12-11-21(26(31)32)27(5)22(19(4)16-28)14-20(29)15-23(24)27/h7-10,15-18,21-22,24H,4,6,11-14H2,1-3,5H3,(H,31,32)/b9-7+,10-8+/t17-,18-,21-,22-,24-,27+/m0/s1. The summed E-state index contributed by atoms with van der Waals surface area (Å²) < 4.78 is 5.66. The Labute approximate surface area is 196 Å². The number of ether oxygens (including phenoxy) is 1. The van der Waals surface area contributed by atoms with Crippen LogP contribution in [0.4, 0.5) is 0 Å². The number of ketones is 1. The molecule has 0 bridgehead atoms. The molecule has 0 saturated heterocycles. The highest BCUT2D eigenvalue weighted by molar-refractivity contribution is 5.94. The molecular weight excluding hydrogens is 420 g/mol. The van der Waals surface area contributed by atoms with Crippen LogP contribution < -0.4 is 0 Å². The van der Waals surface area contributed by atoms with E-state index < -0.39 is 35.3 Å². The van der Waals surface area contributed by atoms with Crippen LogP contribution in [0.25, 0.3) is 0 Å². The highest BCUT2D eigenvalue weighted by Gasteiger charge is 2.55. The van der Waals surface area contributed by atoms with Gasteiger partial charge in [0.05, 0.1) is 5.92 Å². The molecule has 6 nitrogen and oxygen atoms in total. The fourth-order valence-corrected chi connectivity index (χ4v) is 5.21. The van der Waals surface area contributed by atoms with E-state index in [0.29, 0.717) is 30.1 Å². The second kappa shape index (κ2) is 11.4. The van der Waals surface area contributed by atoms with Crippen molar-refractivity contribution in [2.75, 3.05) is 0 Å². The van der Waals surface area contributed by atoms with Crippen LogP contribution in [0.3, 0.4) is 0 Å². The van der Waals surface area contributed by atoms with Gasteiger partial charge < -0.3 is 9.84 Å². The Morgan fingerprint density at radius 2 is 1.97 bits per heavy atom. The van der Waals surface area contributed by atoms with Crippen LogP contribution in [-0.4, -0.2) is 35.2 Å². The number of hydrogen-bond acceptors (Lipinski definition) is 5. The van der Waals surface area contributed by atoms with Crippen LogP contribution in [-0.2, 0) is 23.9 Å². The molecule has 180 valence electrons. The monoisotopic (exact) mass is 456 g/mol. The lowest BCUT2D eigenvalue weighted by Crippen LogP contribution is -2.51. The Bertz CT molecular complexity index is 879. The van der Waals surface area contributed by atoms with Gasteiger partial charge in [0.1, 0.15) is 12.4 Å². The van der Waals surface area contributed by atoms with Gasteiger partial charge in [-0.1, -0.05) is 58.9 Å². The Morgan fingerprint density at radius 1 is 1.27 bits per heavy atom. The number of aliphatic carboxylic acids is 1. The minimum absolute atomic E-state index is 0.0154.